The fourth-order valence-electron chi connectivity index (χ4n) is 1.22. The predicted molar refractivity (Wildman–Crippen MR) is 64.5 cm³/mol. The molecule has 0 aliphatic rings. The molecule has 1 N–H and O–H groups in total. The normalized spacial score (nSPS) is 12.5. The van der Waals surface area contributed by atoms with Crippen molar-refractivity contribution in [3.63, 3.8) is 0 Å². The molecule has 1 unspecified atom stereocenters. The summed E-state index contributed by atoms with van der Waals surface area (Å²) in [6, 6.07) is 0.479. The molecule has 1 aromatic rings. The second-order valence-corrected chi connectivity index (χ2v) is 3.88. The number of hydrogen-bond acceptors (Lipinski definition) is 4. The summed E-state index contributed by atoms with van der Waals surface area (Å²) < 4.78 is 5.56. The Labute approximate surface area is 97.5 Å². The average molecular weight is 223 g/mol. The lowest BCUT2D eigenvalue weighted by Crippen LogP contribution is -2.15. The highest BCUT2D eigenvalue weighted by Gasteiger charge is 2.06. The van der Waals surface area contributed by atoms with Gasteiger partial charge in [0, 0.05) is 24.0 Å². The van der Waals surface area contributed by atoms with Crippen LogP contribution in [0.1, 0.15) is 38.4 Å². The van der Waals surface area contributed by atoms with Crippen LogP contribution in [-0.4, -0.2) is 22.6 Å². The molecule has 4 nitrogen and oxygen atoms in total. The Morgan fingerprint density at radius 1 is 1.44 bits per heavy atom. The smallest absolute Gasteiger partial charge is 0.316 e. The minimum atomic E-state index is 0.166. The molecule has 0 spiro atoms. The Morgan fingerprint density at radius 2 is 2.19 bits per heavy atom. The van der Waals surface area contributed by atoms with Gasteiger partial charge in [0.2, 0.25) is 0 Å². The highest BCUT2D eigenvalue weighted by atomic mass is 16.5. The number of ether oxygens (including phenoxy) is 1. The molecule has 1 rings (SSSR count). The van der Waals surface area contributed by atoms with Gasteiger partial charge >= 0.3 is 6.01 Å². The first-order valence-electron chi connectivity index (χ1n) is 5.87. The Bertz CT molecular complexity index is 328. The molecule has 0 aliphatic heterocycles. The summed E-state index contributed by atoms with van der Waals surface area (Å²) in [5.41, 5.74) is 2.10. The van der Waals surface area contributed by atoms with Crippen LogP contribution in [0.4, 0.5) is 0 Å². The van der Waals surface area contributed by atoms with Crippen LogP contribution >= 0.6 is 0 Å². The third-order valence-electron chi connectivity index (χ3n) is 2.51. The molecule has 0 fully saturated rings. The molecular formula is C12H21N3O. The van der Waals surface area contributed by atoms with Crippen molar-refractivity contribution < 1.29 is 4.74 Å². The number of hydrogen-bond donors (Lipinski definition) is 1. The van der Waals surface area contributed by atoms with E-state index >= 15 is 0 Å². The molecule has 0 radical (unpaired) electrons. The maximum Gasteiger partial charge on any atom is 0.316 e. The van der Waals surface area contributed by atoms with Gasteiger partial charge in [0.15, 0.2) is 0 Å². The molecule has 0 aliphatic carbocycles. The zero-order valence-electron chi connectivity index (χ0n) is 10.6. The summed E-state index contributed by atoms with van der Waals surface area (Å²) >= 11 is 0. The Morgan fingerprint density at radius 3 is 2.75 bits per heavy atom. The molecule has 0 saturated heterocycles. The lowest BCUT2D eigenvalue weighted by Gasteiger charge is -2.12. The summed E-state index contributed by atoms with van der Waals surface area (Å²) in [4.78, 5) is 8.55. The van der Waals surface area contributed by atoms with Gasteiger partial charge in [-0.05, 0) is 26.8 Å². The Balaban J connectivity index is 2.66. The van der Waals surface area contributed by atoms with Gasteiger partial charge in [-0.3, -0.25) is 0 Å². The van der Waals surface area contributed by atoms with Crippen LogP contribution < -0.4 is 10.1 Å². The first kappa shape index (κ1) is 12.9. The van der Waals surface area contributed by atoms with E-state index in [0.29, 0.717) is 6.01 Å². The summed E-state index contributed by atoms with van der Waals surface area (Å²) in [5.74, 6) is 0. The fraction of sp³-hybridized carbons (Fsp3) is 0.667. The first-order valence-corrected chi connectivity index (χ1v) is 5.87. The maximum absolute atomic E-state index is 5.56. The molecule has 0 saturated carbocycles. The second-order valence-electron chi connectivity index (χ2n) is 3.88. The number of aryl methyl sites for hydroxylation is 1. The van der Waals surface area contributed by atoms with Gasteiger partial charge in [-0.15, -0.1) is 0 Å². The zero-order valence-corrected chi connectivity index (χ0v) is 10.6. The van der Waals surface area contributed by atoms with Gasteiger partial charge in [0.1, 0.15) is 0 Å². The van der Waals surface area contributed by atoms with E-state index in [1.807, 2.05) is 20.0 Å². The van der Waals surface area contributed by atoms with Crippen LogP contribution in [0.25, 0.3) is 0 Å². The molecule has 16 heavy (non-hydrogen) atoms. The second kappa shape index (κ2) is 6.43. The highest BCUT2D eigenvalue weighted by Crippen LogP contribution is 2.10. The van der Waals surface area contributed by atoms with Gasteiger partial charge in [0.05, 0.1) is 6.10 Å². The third kappa shape index (κ3) is 3.77. The lowest BCUT2D eigenvalue weighted by atomic mass is 10.2. The topological polar surface area (TPSA) is 47.0 Å². The van der Waals surface area contributed by atoms with E-state index in [-0.39, 0.29) is 6.10 Å². The lowest BCUT2D eigenvalue weighted by molar-refractivity contribution is 0.198. The number of aromatic nitrogens is 2. The number of nitrogens with one attached hydrogen (secondary N) is 1. The zero-order chi connectivity index (χ0) is 12.0. The molecule has 4 heteroatoms. The van der Waals surface area contributed by atoms with Gasteiger partial charge in [-0.1, -0.05) is 13.8 Å². The van der Waals surface area contributed by atoms with E-state index in [4.69, 9.17) is 4.74 Å². The van der Waals surface area contributed by atoms with E-state index in [0.717, 1.165) is 30.8 Å². The summed E-state index contributed by atoms with van der Waals surface area (Å²) in [6.07, 6.45) is 2.96. The van der Waals surface area contributed by atoms with Crippen LogP contribution in [-0.2, 0) is 6.54 Å². The first-order chi connectivity index (χ1) is 7.67. The van der Waals surface area contributed by atoms with Crippen molar-refractivity contribution in [3.05, 3.63) is 17.5 Å². The van der Waals surface area contributed by atoms with Crippen LogP contribution in [0.5, 0.6) is 6.01 Å². The van der Waals surface area contributed by atoms with Gasteiger partial charge in [-0.2, -0.15) is 0 Å². The van der Waals surface area contributed by atoms with Crippen molar-refractivity contribution in [3.8, 4) is 6.01 Å². The summed E-state index contributed by atoms with van der Waals surface area (Å²) in [6.45, 7) is 9.92. The Hall–Kier alpha value is -1.16. The van der Waals surface area contributed by atoms with Gasteiger partial charge in [0.25, 0.3) is 0 Å². The predicted octanol–water partition coefficient (Wildman–Crippen LogP) is 2.07. The fourth-order valence-corrected chi connectivity index (χ4v) is 1.22. The summed E-state index contributed by atoms with van der Waals surface area (Å²) in [5, 5.41) is 3.26. The molecule has 1 atom stereocenters. The van der Waals surface area contributed by atoms with E-state index in [2.05, 4.69) is 29.1 Å². The van der Waals surface area contributed by atoms with E-state index in [1.54, 1.807) is 0 Å². The van der Waals surface area contributed by atoms with Crippen molar-refractivity contribution in [2.24, 2.45) is 0 Å². The SMILES string of the molecule is CCNCc1cnc(OC(C)CC)nc1C. The number of nitrogens with zero attached hydrogens (tertiary/aromatic N) is 2. The molecule has 0 aromatic carbocycles. The third-order valence-corrected chi connectivity index (χ3v) is 2.51. The molecule has 90 valence electrons. The quantitative estimate of drug-likeness (QED) is 0.802. The minimum Gasteiger partial charge on any atom is -0.460 e. The van der Waals surface area contributed by atoms with Crippen LogP contribution in [0.3, 0.4) is 0 Å². The van der Waals surface area contributed by atoms with Crippen molar-refractivity contribution in [1.29, 1.82) is 0 Å². The largest absolute Gasteiger partial charge is 0.460 e. The minimum absolute atomic E-state index is 0.166. The van der Waals surface area contributed by atoms with Crippen molar-refractivity contribution in [2.45, 2.75) is 46.8 Å². The summed E-state index contributed by atoms with van der Waals surface area (Å²) in [7, 11) is 0. The monoisotopic (exact) mass is 223 g/mol. The van der Waals surface area contributed by atoms with Crippen molar-refractivity contribution in [2.75, 3.05) is 6.54 Å². The van der Waals surface area contributed by atoms with E-state index < -0.39 is 0 Å². The van der Waals surface area contributed by atoms with Gasteiger partial charge in [-0.25, -0.2) is 9.97 Å². The van der Waals surface area contributed by atoms with Crippen LogP contribution in [0, 0.1) is 6.92 Å². The standard InChI is InChI=1S/C12H21N3O/c1-5-9(3)16-12-14-8-11(7-13-6-2)10(4)15-12/h8-9,13H,5-7H2,1-4H3. The van der Waals surface area contributed by atoms with E-state index in [9.17, 15) is 0 Å². The highest BCUT2D eigenvalue weighted by molar-refractivity contribution is 5.17. The van der Waals surface area contributed by atoms with Crippen LogP contribution in [0.2, 0.25) is 0 Å². The maximum atomic E-state index is 5.56. The van der Waals surface area contributed by atoms with E-state index in [1.165, 1.54) is 0 Å². The molecule has 1 aromatic heterocycles. The molecular weight excluding hydrogens is 202 g/mol. The van der Waals surface area contributed by atoms with Crippen molar-refractivity contribution >= 4 is 0 Å². The van der Waals surface area contributed by atoms with Gasteiger partial charge < -0.3 is 10.1 Å². The molecule has 1 heterocycles. The number of rotatable bonds is 6. The van der Waals surface area contributed by atoms with Crippen molar-refractivity contribution in [1.82, 2.24) is 15.3 Å². The Kier molecular flexibility index (Phi) is 5.19. The molecule has 0 amide bonds. The van der Waals surface area contributed by atoms with Crippen LogP contribution in [0.15, 0.2) is 6.20 Å². The average Bonchev–Trinajstić information content (AvgIpc) is 2.28. The molecule has 0 bridgehead atoms.